The Morgan fingerprint density at radius 1 is 1.06 bits per heavy atom. The van der Waals surface area contributed by atoms with Gasteiger partial charge < -0.3 is 14.4 Å². The Balaban J connectivity index is 1.16. The van der Waals surface area contributed by atoms with E-state index in [2.05, 4.69) is 29.2 Å². The second-order valence-corrected chi connectivity index (χ2v) is 9.61. The Morgan fingerprint density at radius 2 is 1.94 bits per heavy atom. The van der Waals surface area contributed by atoms with Crippen molar-refractivity contribution in [2.75, 3.05) is 45.1 Å². The largest absolute Gasteiger partial charge is 0.493 e. The van der Waals surface area contributed by atoms with Gasteiger partial charge in [0, 0.05) is 56.4 Å². The molecule has 1 atom stereocenters. The fourth-order valence-electron chi connectivity index (χ4n) is 4.60. The number of piperazine rings is 1. The van der Waals surface area contributed by atoms with E-state index in [4.69, 9.17) is 9.47 Å². The van der Waals surface area contributed by atoms with E-state index in [0.717, 1.165) is 87.2 Å². The number of amides is 1. The van der Waals surface area contributed by atoms with E-state index < -0.39 is 0 Å². The van der Waals surface area contributed by atoms with Crippen LogP contribution in [0.4, 0.5) is 0 Å². The first-order chi connectivity index (χ1) is 15.3. The molecule has 1 amide bonds. The van der Waals surface area contributed by atoms with Gasteiger partial charge in [0.05, 0.1) is 18.3 Å². The van der Waals surface area contributed by atoms with Gasteiger partial charge in [-0.25, -0.2) is 0 Å². The maximum absolute atomic E-state index is 13.3. The minimum Gasteiger partial charge on any atom is -0.493 e. The van der Waals surface area contributed by atoms with Crippen LogP contribution in [0.25, 0.3) is 0 Å². The number of ether oxygens (including phenoxy) is 2. The summed E-state index contributed by atoms with van der Waals surface area (Å²) in [7, 11) is 0. The molecule has 0 bridgehead atoms. The zero-order valence-corrected chi connectivity index (χ0v) is 18.7. The Bertz CT molecular complexity index is 921. The molecule has 2 saturated heterocycles. The number of thioether (sulfide) groups is 1. The van der Waals surface area contributed by atoms with Gasteiger partial charge in [0.2, 0.25) is 0 Å². The SMILES string of the molecule is O=C(c1ccccc1SCC1CCCO1)N1CCN(Cc2ccc3c(c2)CCO3)CC1. The van der Waals surface area contributed by atoms with Crippen molar-refractivity contribution in [3.8, 4) is 5.75 Å². The molecule has 6 heteroatoms. The Labute approximate surface area is 188 Å². The number of carbonyl (C=O) groups excluding carboxylic acids is 1. The van der Waals surface area contributed by atoms with Crippen LogP contribution < -0.4 is 4.74 Å². The zero-order chi connectivity index (χ0) is 21.0. The van der Waals surface area contributed by atoms with Crippen molar-refractivity contribution in [3.63, 3.8) is 0 Å². The maximum Gasteiger partial charge on any atom is 0.255 e. The standard InChI is InChI=1S/C25H30N2O3S/c28-25(22-5-1-2-6-24(22)31-18-21-4-3-14-29-21)27-12-10-26(11-13-27)17-19-7-8-23-20(16-19)9-15-30-23/h1-2,5-8,16,21H,3-4,9-15,17-18H2. The zero-order valence-electron chi connectivity index (χ0n) is 17.9. The summed E-state index contributed by atoms with van der Waals surface area (Å²) in [6.07, 6.45) is 3.61. The number of benzene rings is 2. The fraction of sp³-hybridized carbons (Fsp3) is 0.480. The summed E-state index contributed by atoms with van der Waals surface area (Å²) < 4.78 is 11.4. The van der Waals surface area contributed by atoms with Gasteiger partial charge in [0.1, 0.15) is 5.75 Å². The summed E-state index contributed by atoms with van der Waals surface area (Å²) in [5, 5.41) is 0. The summed E-state index contributed by atoms with van der Waals surface area (Å²) in [6.45, 7) is 5.97. The first kappa shape index (κ1) is 20.9. The van der Waals surface area contributed by atoms with Crippen LogP contribution in [0, 0.1) is 0 Å². The molecule has 5 nitrogen and oxygen atoms in total. The van der Waals surface area contributed by atoms with Gasteiger partial charge in [0.15, 0.2) is 0 Å². The van der Waals surface area contributed by atoms with Crippen molar-refractivity contribution in [1.29, 1.82) is 0 Å². The number of hydrogen-bond donors (Lipinski definition) is 0. The van der Waals surface area contributed by atoms with Crippen LogP contribution in [0.1, 0.15) is 34.3 Å². The van der Waals surface area contributed by atoms with Gasteiger partial charge in [-0.3, -0.25) is 9.69 Å². The quantitative estimate of drug-likeness (QED) is 0.641. The van der Waals surface area contributed by atoms with Crippen molar-refractivity contribution >= 4 is 17.7 Å². The minimum atomic E-state index is 0.157. The van der Waals surface area contributed by atoms with E-state index in [-0.39, 0.29) is 5.91 Å². The van der Waals surface area contributed by atoms with Crippen molar-refractivity contribution < 1.29 is 14.3 Å². The molecule has 5 rings (SSSR count). The van der Waals surface area contributed by atoms with E-state index in [0.29, 0.717) is 6.10 Å². The van der Waals surface area contributed by atoms with E-state index in [1.807, 2.05) is 23.1 Å². The van der Waals surface area contributed by atoms with Crippen LogP contribution in [-0.2, 0) is 17.7 Å². The smallest absolute Gasteiger partial charge is 0.255 e. The molecule has 31 heavy (non-hydrogen) atoms. The molecule has 1 unspecified atom stereocenters. The average molecular weight is 439 g/mol. The lowest BCUT2D eigenvalue weighted by Gasteiger charge is -2.35. The molecule has 3 aliphatic heterocycles. The van der Waals surface area contributed by atoms with Crippen molar-refractivity contribution in [1.82, 2.24) is 9.80 Å². The summed E-state index contributed by atoms with van der Waals surface area (Å²) in [6, 6.07) is 14.6. The summed E-state index contributed by atoms with van der Waals surface area (Å²) >= 11 is 1.76. The molecular weight excluding hydrogens is 408 g/mol. The van der Waals surface area contributed by atoms with Crippen LogP contribution in [0.2, 0.25) is 0 Å². The van der Waals surface area contributed by atoms with Crippen LogP contribution in [0.5, 0.6) is 5.75 Å². The molecule has 2 aromatic rings. The third-order valence-electron chi connectivity index (χ3n) is 6.39. The number of carbonyl (C=O) groups is 1. The average Bonchev–Trinajstić information content (AvgIpc) is 3.50. The Hall–Kier alpha value is -2.02. The third-order valence-corrected chi connectivity index (χ3v) is 7.59. The molecular formula is C25H30N2O3S. The molecule has 3 aliphatic rings. The molecule has 0 aromatic heterocycles. The minimum absolute atomic E-state index is 0.157. The van der Waals surface area contributed by atoms with E-state index in [9.17, 15) is 4.79 Å². The first-order valence-electron chi connectivity index (χ1n) is 11.4. The molecule has 164 valence electrons. The fourth-order valence-corrected chi connectivity index (χ4v) is 5.72. The molecule has 0 N–H and O–H groups in total. The number of fused-ring (bicyclic) bond motifs is 1. The molecule has 2 fully saturated rings. The number of rotatable bonds is 6. The van der Waals surface area contributed by atoms with Gasteiger partial charge in [-0.15, -0.1) is 11.8 Å². The van der Waals surface area contributed by atoms with Crippen molar-refractivity contribution in [2.24, 2.45) is 0 Å². The number of hydrogen-bond acceptors (Lipinski definition) is 5. The van der Waals surface area contributed by atoms with Crippen LogP contribution in [0.3, 0.4) is 0 Å². The van der Waals surface area contributed by atoms with Gasteiger partial charge >= 0.3 is 0 Å². The third kappa shape index (κ3) is 4.92. The van der Waals surface area contributed by atoms with Gasteiger partial charge in [-0.05, 0) is 42.2 Å². The molecule has 0 saturated carbocycles. The lowest BCUT2D eigenvalue weighted by molar-refractivity contribution is 0.0625. The normalized spacial score (nSPS) is 21.2. The molecule has 0 spiro atoms. The monoisotopic (exact) mass is 438 g/mol. The van der Waals surface area contributed by atoms with E-state index in [1.54, 1.807) is 11.8 Å². The van der Waals surface area contributed by atoms with Crippen molar-refractivity contribution in [3.05, 3.63) is 59.2 Å². The predicted octanol–water partition coefficient (Wildman–Crippen LogP) is 3.85. The van der Waals surface area contributed by atoms with E-state index >= 15 is 0 Å². The molecule has 0 aliphatic carbocycles. The molecule has 2 aromatic carbocycles. The van der Waals surface area contributed by atoms with Crippen LogP contribution in [0.15, 0.2) is 47.4 Å². The summed E-state index contributed by atoms with van der Waals surface area (Å²) in [5.41, 5.74) is 3.49. The van der Waals surface area contributed by atoms with Gasteiger partial charge in [-0.2, -0.15) is 0 Å². The maximum atomic E-state index is 13.3. The number of nitrogens with zero attached hydrogens (tertiary/aromatic N) is 2. The second kappa shape index (κ2) is 9.63. The Kier molecular flexibility index (Phi) is 6.48. The predicted molar refractivity (Wildman–Crippen MR) is 123 cm³/mol. The topological polar surface area (TPSA) is 42.0 Å². The highest BCUT2D eigenvalue weighted by atomic mass is 32.2. The van der Waals surface area contributed by atoms with Crippen LogP contribution in [-0.4, -0.2) is 67.0 Å². The molecule has 3 heterocycles. The van der Waals surface area contributed by atoms with Crippen LogP contribution >= 0.6 is 11.8 Å². The van der Waals surface area contributed by atoms with E-state index in [1.165, 1.54) is 11.1 Å². The highest BCUT2D eigenvalue weighted by Gasteiger charge is 2.25. The highest BCUT2D eigenvalue weighted by Crippen LogP contribution is 2.29. The van der Waals surface area contributed by atoms with Gasteiger partial charge in [-0.1, -0.05) is 24.3 Å². The lowest BCUT2D eigenvalue weighted by atomic mass is 10.1. The second-order valence-electron chi connectivity index (χ2n) is 8.55. The first-order valence-corrected chi connectivity index (χ1v) is 12.3. The summed E-state index contributed by atoms with van der Waals surface area (Å²) in [5.74, 6) is 2.11. The Morgan fingerprint density at radius 3 is 2.77 bits per heavy atom. The highest BCUT2D eigenvalue weighted by molar-refractivity contribution is 7.99. The molecule has 0 radical (unpaired) electrons. The lowest BCUT2D eigenvalue weighted by Crippen LogP contribution is -2.48. The van der Waals surface area contributed by atoms with Crippen molar-refractivity contribution in [2.45, 2.75) is 36.8 Å². The van der Waals surface area contributed by atoms with Gasteiger partial charge in [0.25, 0.3) is 5.91 Å². The summed E-state index contributed by atoms with van der Waals surface area (Å²) in [4.78, 5) is 18.8.